The first kappa shape index (κ1) is 30.0. The monoisotopic (exact) mass is 591 g/mol. The molecule has 2 aromatic rings. The Balaban J connectivity index is 1.29. The Morgan fingerprint density at radius 3 is 2.52 bits per heavy atom. The van der Waals surface area contributed by atoms with Crippen LogP contribution in [0.2, 0.25) is 0 Å². The molecule has 0 atom stereocenters. The molecule has 1 aromatic carbocycles. The molecule has 0 aliphatic carbocycles. The molecule has 12 heteroatoms. The molecule has 4 rings (SSSR count). The summed E-state index contributed by atoms with van der Waals surface area (Å²) in [5.41, 5.74) is -2.60. The third-order valence-corrected chi connectivity index (χ3v) is 8.74. The van der Waals surface area contributed by atoms with Gasteiger partial charge in [-0.25, -0.2) is 0 Å². The maximum absolute atomic E-state index is 13.5. The van der Waals surface area contributed by atoms with Crippen molar-refractivity contribution in [1.29, 1.82) is 5.26 Å². The van der Waals surface area contributed by atoms with Crippen molar-refractivity contribution >= 4 is 46.2 Å². The van der Waals surface area contributed by atoms with Gasteiger partial charge in [-0.05, 0) is 88.1 Å². The number of halogens is 3. The molecule has 3 heterocycles. The van der Waals surface area contributed by atoms with Crippen LogP contribution in [-0.4, -0.2) is 76.4 Å². The Hall–Kier alpha value is -3.01. The Kier molecular flexibility index (Phi) is 9.17. The normalized spacial score (nSPS) is 18.2. The number of anilines is 1. The van der Waals surface area contributed by atoms with E-state index in [1.807, 2.05) is 22.4 Å². The van der Waals surface area contributed by atoms with E-state index in [-0.39, 0.29) is 16.7 Å². The number of nitriles is 1. The SMILES string of the molecule is CC1(C)C(=O)N(c2ccc(C#N)c(C(F)(F)F)c2)C(=S)N1CCCCCN1CCCN(C(=O)c2cccs2)CC1. The molecule has 0 bridgehead atoms. The zero-order chi connectivity index (χ0) is 29.1. The van der Waals surface area contributed by atoms with Crippen molar-refractivity contribution in [3.63, 3.8) is 0 Å². The van der Waals surface area contributed by atoms with Crippen molar-refractivity contribution in [2.24, 2.45) is 0 Å². The van der Waals surface area contributed by atoms with Crippen molar-refractivity contribution in [3.05, 3.63) is 51.7 Å². The largest absolute Gasteiger partial charge is 0.417 e. The third-order valence-electron chi connectivity index (χ3n) is 7.47. The van der Waals surface area contributed by atoms with E-state index in [9.17, 15) is 22.8 Å². The average molecular weight is 592 g/mol. The van der Waals surface area contributed by atoms with E-state index >= 15 is 0 Å². The molecule has 2 saturated heterocycles. The quantitative estimate of drug-likeness (QED) is 0.304. The summed E-state index contributed by atoms with van der Waals surface area (Å²) >= 11 is 7.04. The Morgan fingerprint density at radius 2 is 1.85 bits per heavy atom. The van der Waals surface area contributed by atoms with Gasteiger partial charge >= 0.3 is 6.18 Å². The van der Waals surface area contributed by atoms with E-state index in [0.29, 0.717) is 13.1 Å². The summed E-state index contributed by atoms with van der Waals surface area (Å²) in [5.74, 6) is -0.304. The van der Waals surface area contributed by atoms with Crippen LogP contribution in [0.1, 0.15) is 60.3 Å². The van der Waals surface area contributed by atoms with Gasteiger partial charge in [0.25, 0.3) is 11.8 Å². The summed E-state index contributed by atoms with van der Waals surface area (Å²) in [7, 11) is 0. The number of amides is 2. The first-order valence-corrected chi connectivity index (χ1v) is 14.6. The van der Waals surface area contributed by atoms with Gasteiger partial charge in [-0.1, -0.05) is 12.5 Å². The molecular weight excluding hydrogens is 559 g/mol. The number of thiophene rings is 1. The molecule has 2 aliphatic heterocycles. The summed E-state index contributed by atoms with van der Waals surface area (Å²) in [5, 5.41) is 11.2. The highest BCUT2D eigenvalue weighted by atomic mass is 32.1. The molecule has 0 N–H and O–H groups in total. The molecule has 7 nitrogen and oxygen atoms in total. The highest BCUT2D eigenvalue weighted by Crippen LogP contribution is 2.38. The lowest BCUT2D eigenvalue weighted by Gasteiger charge is -2.29. The first-order chi connectivity index (χ1) is 18.9. The predicted octanol–water partition coefficient (Wildman–Crippen LogP) is 5.37. The van der Waals surface area contributed by atoms with Gasteiger partial charge in [0.05, 0.1) is 27.8 Å². The van der Waals surface area contributed by atoms with E-state index in [1.165, 1.54) is 17.4 Å². The molecule has 0 saturated carbocycles. The molecular formula is C28H32F3N5O2S2. The topological polar surface area (TPSA) is 70.9 Å². The van der Waals surface area contributed by atoms with Gasteiger partial charge in [0.15, 0.2) is 5.11 Å². The van der Waals surface area contributed by atoms with E-state index in [2.05, 4.69) is 4.90 Å². The van der Waals surface area contributed by atoms with Crippen LogP contribution in [0.4, 0.5) is 18.9 Å². The molecule has 40 heavy (non-hydrogen) atoms. The molecule has 0 radical (unpaired) electrons. The molecule has 1 aromatic heterocycles. The lowest BCUT2D eigenvalue weighted by molar-refractivity contribution is -0.137. The summed E-state index contributed by atoms with van der Waals surface area (Å²) in [6.45, 7) is 8.07. The Labute approximate surface area is 241 Å². The summed E-state index contributed by atoms with van der Waals surface area (Å²) < 4.78 is 40.5. The second-order valence-electron chi connectivity index (χ2n) is 10.5. The fourth-order valence-electron chi connectivity index (χ4n) is 5.18. The molecule has 2 amide bonds. The summed E-state index contributed by atoms with van der Waals surface area (Å²) in [6, 6.07) is 8.53. The van der Waals surface area contributed by atoms with Gasteiger partial charge in [0.1, 0.15) is 5.54 Å². The second kappa shape index (κ2) is 12.2. The number of carbonyl (C=O) groups is 2. The minimum absolute atomic E-state index is 0.00432. The van der Waals surface area contributed by atoms with E-state index in [1.54, 1.807) is 24.8 Å². The maximum atomic E-state index is 13.5. The summed E-state index contributed by atoms with van der Waals surface area (Å²) in [4.78, 5) is 33.9. The van der Waals surface area contributed by atoms with E-state index in [4.69, 9.17) is 17.5 Å². The minimum atomic E-state index is -4.73. The number of benzene rings is 1. The zero-order valence-electron chi connectivity index (χ0n) is 22.5. The Morgan fingerprint density at radius 1 is 1.10 bits per heavy atom. The van der Waals surface area contributed by atoms with Crippen molar-refractivity contribution < 1.29 is 22.8 Å². The van der Waals surface area contributed by atoms with Gasteiger partial charge < -0.3 is 14.7 Å². The van der Waals surface area contributed by atoms with Crippen molar-refractivity contribution in [2.75, 3.05) is 44.2 Å². The summed E-state index contributed by atoms with van der Waals surface area (Å²) in [6.07, 6.45) is -1.19. The number of thiocarbonyl (C=S) groups is 1. The maximum Gasteiger partial charge on any atom is 0.417 e. The number of nitrogens with zero attached hydrogens (tertiary/aromatic N) is 5. The molecule has 0 spiro atoms. The first-order valence-electron chi connectivity index (χ1n) is 13.3. The molecule has 2 aliphatic rings. The number of alkyl halides is 3. The van der Waals surface area contributed by atoms with Gasteiger partial charge in [0, 0.05) is 26.2 Å². The van der Waals surface area contributed by atoms with Crippen LogP contribution in [0.25, 0.3) is 0 Å². The number of unbranched alkanes of at least 4 members (excludes halogenated alkanes) is 2. The van der Waals surface area contributed by atoms with E-state index in [0.717, 1.165) is 73.8 Å². The van der Waals surface area contributed by atoms with Gasteiger partial charge in [-0.2, -0.15) is 18.4 Å². The number of hydrogen-bond acceptors (Lipinski definition) is 6. The van der Waals surface area contributed by atoms with Crippen LogP contribution in [0.15, 0.2) is 35.7 Å². The van der Waals surface area contributed by atoms with Crippen LogP contribution < -0.4 is 4.90 Å². The highest BCUT2D eigenvalue weighted by Gasteiger charge is 2.49. The predicted molar refractivity (Wildman–Crippen MR) is 152 cm³/mol. The number of hydrogen-bond donors (Lipinski definition) is 0. The van der Waals surface area contributed by atoms with Crippen LogP contribution in [0.3, 0.4) is 0 Å². The number of rotatable bonds is 8. The van der Waals surface area contributed by atoms with Gasteiger partial charge in [-0.15, -0.1) is 11.3 Å². The fraction of sp³-hybridized carbons (Fsp3) is 0.500. The average Bonchev–Trinajstić information content (AvgIpc) is 3.41. The van der Waals surface area contributed by atoms with Crippen molar-refractivity contribution in [1.82, 2.24) is 14.7 Å². The molecule has 2 fully saturated rings. The van der Waals surface area contributed by atoms with Gasteiger partial charge in [0.2, 0.25) is 0 Å². The third kappa shape index (κ3) is 6.32. The van der Waals surface area contributed by atoms with Gasteiger partial charge in [-0.3, -0.25) is 14.5 Å². The fourth-order valence-corrected chi connectivity index (χ4v) is 6.38. The van der Waals surface area contributed by atoms with Crippen LogP contribution in [-0.2, 0) is 11.0 Å². The molecule has 214 valence electrons. The van der Waals surface area contributed by atoms with Crippen molar-refractivity contribution in [2.45, 2.75) is 51.2 Å². The minimum Gasteiger partial charge on any atom is -0.337 e. The zero-order valence-corrected chi connectivity index (χ0v) is 24.2. The smallest absolute Gasteiger partial charge is 0.337 e. The lowest BCUT2D eigenvalue weighted by atomic mass is 10.0. The lowest BCUT2D eigenvalue weighted by Crippen LogP contribution is -2.44. The standard InChI is InChI=1S/C28H32F3N5O2S2/c1-27(2)25(38)36(21-10-9-20(19-32)22(18-21)28(29,30)31)26(39)35(27)14-5-3-4-11-33-12-7-13-34(16-15-33)24(37)23-8-6-17-40-23/h6,8-10,17-18H,3-5,7,11-16H2,1-2H3. The van der Waals surface area contributed by atoms with Crippen molar-refractivity contribution in [3.8, 4) is 6.07 Å². The second-order valence-corrected chi connectivity index (χ2v) is 11.8. The Bertz CT molecular complexity index is 1290. The van der Waals surface area contributed by atoms with Crippen LogP contribution in [0.5, 0.6) is 0 Å². The van der Waals surface area contributed by atoms with Crippen LogP contribution >= 0.6 is 23.6 Å². The van der Waals surface area contributed by atoms with E-state index < -0.39 is 28.7 Å². The van der Waals surface area contributed by atoms with Crippen LogP contribution in [0, 0.1) is 11.3 Å². The highest BCUT2D eigenvalue weighted by molar-refractivity contribution is 7.80. The number of carbonyl (C=O) groups excluding carboxylic acids is 2. The molecule has 0 unspecified atom stereocenters.